The lowest BCUT2D eigenvalue weighted by Gasteiger charge is -2.22. The van der Waals surface area contributed by atoms with Gasteiger partial charge in [0.15, 0.2) is 11.5 Å². The third-order valence-corrected chi connectivity index (χ3v) is 3.33. The molecule has 0 bridgehead atoms. The van der Waals surface area contributed by atoms with E-state index in [0.29, 0.717) is 13.2 Å². The molecule has 0 fully saturated rings. The van der Waals surface area contributed by atoms with Gasteiger partial charge in [-0.15, -0.1) is 0 Å². The van der Waals surface area contributed by atoms with Gasteiger partial charge in [0.1, 0.15) is 13.2 Å². The zero-order valence-corrected chi connectivity index (χ0v) is 11.1. The summed E-state index contributed by atoms with van der Waals surface area (Å²) in [6, 6.07) is 9.89. The molecule has 0 spiro atoms. The first-order valence-corrected chi connectivity index (χ1v) is 6.61. The number of aromatic nitrogens is 1. The number of hydrogen-bond donors (Lipinski definition) is 2. The smallest absolute Gasteiger partial charge is 0.161 e. The van der Waals surface area contributed by atoms with E-state index in [4.69, 9.17) is 15.3 Å². The summed E-state index contributed by atoms with van der Waals surface area (Å²) in [4.78, 5) is 4.12. The Hall–Kier alpha value is -2.11. The number of rotatable bonds is 4. The van der Waals surface area contributed by atoms with E-state index >= 15 is 0 Å². The molecule has 0 amide bonds. The maximum Gasteiger partial charge on any atom is 0.161 e. The Kier molecular flexibility index (Phi) is 3.80. The van der Waals surface area contributed by atoms with Gasteiger partial charge in [-0.1, -0.05) is 12.1 Å². The van der Waals surface area contributed by atoms with Crippen LogP contribution in [0.25, 0.3) is 0 Å². The highest BCUT2D eigenvalue weighted by molar-refractivity contribution is 5.44. The molecule has 1 atom stereocenters. The van der Waals surface area contributed by atoms with E-state index in [9.17, 15) is 0 Å². The lowest BCUT2D eigenvalue weighted by Crippen LogP contribution is -2.29. The minimum atomic E-state index is 0.00928. The largest absolute Gasteiger partial charge is 0.486 e. The molecule has 0 radical (unpaired) electrons. The fraction of sp³-hybridized carbons (Fsp3) is 0.267. The third kappa shape index (κ3) is 2.74. The van der Waals surface area contributed by atoms with Crippen molar-refractivity contribution in [1.82, 2.24) is 10.4 Å². The van der Waals surface area contributed by atoms with Crippen molar-refractivity contribution in [1.29, 1.82) is 0 Å². The molecule has 1 aromatic carbocycles. The van der Waals surface area contributed by atoms with E-state index in [1.165, 1.54) is 0 Å². The highest BCUT2D eigenvalue weighted by Crippen LogP contribution is 2.33. The van der Waals surface area contributed by atoms with Crippen LogP contribution >= 0.6 is 0 Å². The molecule has 104 valence electrons. The molecule has 1 unspecified atom stereocenters. The summed E-state index contributed by atoms with van der Waals surface area (Å²) in [6.07, 6.45) is 4.38. The molecule has 0 aliphatic carbocycles. The second-order valence-corrected chi connectivity index (χ2v) is 4.69. The number of nitrogens with one attached hydrogen (secondary N) is 1. The second kappa shape index (κ2) is 5.90. The minimum absolute atomic E-state index is 0.00928. The minimum Gasteiger partial charge on any atom is -0.486 e. The van der Waals surface area contributed by atoms with E-state index in [2.05, 4.69) is 10.4 Å². The van der Waals surface area contributed by atoms with Crippen LogP contribution in [0.2, 0.25) is 0 Å². The van der Waals surface area contributed by atoms with Crippen molar-refractivity contribution in [2.24, 2.45) is 5.84 Å². The quantitative estimate of drug-likeness (QED) is 0.653. The van der Waals surface area contributed by atoms with E-state index < -0.39 is 0 Å². The number of ether oxygens (including phenoxy) is 2. The predicted octanol–water partition coefficient (Wildman–Crippen LogP) is 1.60. The van der Waals surface area contributed by atoms with Crippen LogP contribution in [0, 0.1) is 0 Å². The van der Waals surface area contributed by atoms with Crippen LogP contribution < -0.4 is 20.7 Å². The second-order valence-electron chi connectivity index (χ2n) is 4.69. The standard InChI is InChI=1S/C15H17N3O2/c16-18-13(8-11-2-1-5-17-10-11)12-3-4-14-15(9-12)20-7-6-19-14/h1-5,9-10,13,18H,6-8,16H2. The van der Waals surface area contributed by atoms with Crippen LogP contribution in [0.5, 0.6) is 11.5 Å². The van der Waals surface area contributed by atoms with E-state index in [1.807, 2.05) is 36.5 Å². The fourth-order valence-electron chi connectivity index (χ4n) is 2.30. The van der Waals surface area contributed by atoms with E-state index in [-0.39, 0.29) is 6.04 Å². The van der Waals surface area contributed by atoms with Crippen molar-refractivity contribution in [2.75, 3.05) is 13.2 Å². The summed E-state index contributed by atoms with van der Waals surface area (Å²) in [5, 5.41) is 0. The number of fused-ring (bicyclic) bond motifs is 1. The third-order valence-electron chi connectivity index (χ3n) is 3.33. The Morgan fingerprint density at radius 2 is 2.05 bits per heavy atom. The Morgan fingerprint density at radius 3 is 2.80 bits per heavy atom. The van der Waals surface area contributed by atoms with Gasteiger partial charge in [0.25, 0.3) is 0 Å². The molecule has 20 heavy (non-hydrogen) atoms. The molecule has 1 aliphatic rings. The SMILES string of the molecule is NNC(Cc1cccnc1)c1ccc2c(c1)OCCO2. The van der Waals surface area contributed by atoms with Gasteiger partial charge in [0.05, 0.1) is 6.04 Å². The summed E-state index contributed by atoms with van der Waals surface area (Å²) in [6.45, 7) is 1.18. The van der Waals surface area contributed by atoms with Crippen LogP contribution in [0.4, 0.5) is 0 Å². The van der Waals surface area contributed by atoms with Crippen LogP contribution in [0.1, 0.15) is 17.2 Å². The molecule has 2 aromatic rings. The molecule has 3 rings (SSSR count). The molecule has 1 aliphatic heterocycles. The molecule has 0 saturated heterocycles. The van der Waals surface area contributed by atoms with E-state index in [0.717, 1.165) is 29.0 Å². The zero-order chi connectivity index (χ0) is 13.8. The average Bonchev–Trinajstić information content (AvgIpc) is 2.53. The van der Waals surface area contributed by atoms with Gasteiger partial charge >= 0.3 is 0 Å². The normalized spacial score (nSPS) is 14.8. The number of hydrazine groups is 1. The number of hydrogen-bond acceptors (Lipinski definition) is 5. The summed E-state index contributed by atoms with van der Waals surface area (Å²) in [7, 11) is 0. The maximum atomic E-state index is 5.69. The van der Waals surface area contributed by atoms with Gasteiger partial charge < -0.3 is 9.47 Å². The maximum absolute atomic E-state index is 5.69. The Labute approximate surface area is 117 Å². The van der Waals surface area contributed by atoms with Gasteiger partial charge in [-0.2, -0.15) is 0 Å². The predicted molar refractivity (Wildman–Crippen MR) is 75.4 cm³/mol. The molecule has 5 heteroatoms. The van der Waals surface area contributed by atoms with Crippen molar-refractivity contribution in [3.05, 3.63) is 53.9 Å². The van der Waals surface area contributed by atoms with Crippen molar-refractivity contribution < 1.29 is 9.47 Å². The average molecular weight is 271 g/mol. The summed E-state index contributed by atoms with van der Waals surface area (Å²) >= 11 is 0. The van der Waals surface area contributed by atoms with Crippen LogP contribution in [-0.2, 0) is 6.42 Å². The van der Waals surface area contributed by atoms with E-state index in [1.54, 1.807) is 6.20 Å². The lowest BCUT2D eigenvalue weighted by molar-refractivity contribution is 0.171. The number of benzene rings is 1. The fourth-order valence-corrected chi connectivity index (χ4v) is 2.30. The molecule has 5 nitrogen and oxygen atoms in total. The van der Waals surface area contributed by atoms with Crippen molar-refractivity contribution in [3.63, 3.8) is 0 Å². The highest BCUT2D eigenvalue weighted by Gasteiger charge is 2.16. The van der Waals surface area contributed by atoms with Gasteiger partial charge in [0, 0.05) is 12.4 Å². The first kappa shape index (κ1) is 12.9. The molecule has 0 saturated carbocycles. The topological polar surface area (TPSA) is 69.4 Å². The summed E-state index contributed by atoms with van der Waals surface area (Å²) < 4.78 is 11.1. The molecule has 1 aromatic heterocycles. The first-order chi connectivity index (χ1) is 9.86. The summed E-state index contributed by atoms with van der Waals surface area (Å²) in [5.74, 6) is 7.25. The zero-order valence-electron chi connectivity index (χ0n) is 11.1. The number of nitrogens with two attached hydrogens (primary N) is 1. The van der Waals surface area contributed by atoms with Crippen molar-refractivity contribution >= 4 is 0 Å². The van der Waals surface area contributed by atoms with Crippen molar-refractivity contribution in [2.45, 2.75) is 12.5 Å². The van der Waals surface area contributed by atoms with Gasteiger partial charge in [-0.25, -0.2) is 0 Å². The number of pyridine rings is 1. The Morgan fingerprint density at radius 1 is 1.20 bits per heavy atom. The molecule has 2 heterocycles. The van der Waals surface area contributed by atoms with Crippen LogP contribution in [0.3, 0.4) is 0 Å². The van der Waals surface area contributed by atoms with Gasteiger partial charge in [-0.05, 0) is 35.7 Å². The first-order valence-electron chi connectivity index (χ1n) is 6.61. The molecule has 3 N–H and O–H groups in total. The number of nitrogens with zero attached hydrogens (tertiary/aromatic N) is 1. The lowest BCUT2D eigenvalue weighted by atomic mass is 10.00. The Balaban J connectivity index is 1.82. The Bertz CT molecular complexity index is 575. The van der Waals surface area contributed by atoms with Crippen LogP contribution in [0.15, 0.2) is 42.7 Å². The van der Waals surface area contributed by atoms with Crippen molar-refractivity contribution in [3.8, 4) is 11.5 Å². The monoisotopic (exact) mass is 271 g/mol. The highest BCUT2D eigenvalue weighted by atomic mass is 16.6. The van der Waals surface area contributed by atoms with Gasteiger partial charge in [0.2, 0.25) is 0 Å². The molecular weight excluding hydrogens is 254 g/mol. The summed E-state index contributed by atoms with van der Waals surface area (Å²) in [5.41, 5.74) is 5.05. The van der Waals surface area contributed by atoms with Crippen LogP contribution in [-0.4, -0.2) is 18.2 Å². The molecular formula is C15H17N3O2. The van der Waals surface area contributed by atoms with Gasteiger partial charge in [-0.3, -0.25) is 16.3 Å².